The van der Waals surface area contributed by atoms with Gasteiger partial charge in [-0.1, -0.05) is 72.8 Å². The minimum Gasteiger partial charge on any atom is -0.450 e. The van der Waals surface area contributed by atoms with Crippen molar-refractivity contribution >= 4 is 71.1 Å². The number of rotatable bonds is 15. The van der Waals surface area contributed by atoms with Crippen molar-refractivity contribution in [1.29, 1.82) is 0 Å². The molecule has 6 aliphatic rings. The lowest BCUT2D eigenvalue weighted by atomic mass is 9.64. The van der Waals surface area contributed by atoms with Crippen molar-refractivity contribution in [1.82, 2.24) is 44.0 Å². The molecule has 15 nitrogen and oxygen atoms in total. The second kappa shape index (κ2) is 33.7. The van der Waals surface area contributed by atoms with E-state index in [-0.39, 0.29) is 59.8 Å². The van der Waals surface area contributed by atoms with Crippen LogP contribution < -0.4 is 16.0 Å². The number of hydrogen-bond donors (Lipinski definition) is 3. The van der Waals surface area contributed by atoms with Gasteiger partial charge >= 0.3 is 18.3 Å². The monoisotopic (exact) mass is 1430 g/mol. The van der Waals surface area contributed by atoms with Gasteiger partial charge < -0.3 is 30.2 Å². The first-order chi connectivity index (χ1) is 49.8. The van der Waals surface area contributed by atoms with Gasteiger partial charge in [-0.2, -0.15) is 4.37 Å². The van der Waals surface area contributed by atoms with Crippen molar-refractivity contribution < 1.29 is 41.8 Å². The Morgan fingerprint density at radius 1 is 0.471 bits per heavy atom. The highest BCUT2D eigenvalue weighted by Crippen LogP contribution is 2.52. The highest BCUT2D eigenvalue weighted by Gasteiger charge is 2.44. The molecule has 102 heavy (non-hydrogen) atoms. The molecule has 3 fully saturated rings. The minimum atomic E-state index is -0.316. The minimum absolute atomic E-state index is 0.162. The summed E-state index contributed by atoms with van der Waals surface area (Å²) < 4.78 is 69.6. The zero-order valence-corrected chi connectivity index (χ0v) is 59.8. The summed E-state index contributed by atoms with van der Waals surface area (Å²) in [6.45, 7) is 6.63. The second-order valence-corrected chi connectivity index (χ2v) is 29.6. The largest absolute Gasteiger partial charge is 0.450 e. The lowest BCUT2D eigenvalue weighted by Crippen LogP contribution is -2.44. The Balaban J connectivity index is 0.000000137. The van der Waals surface area contributed by atoms with E-state index in [4.69, 9.17) is 18.6 Å². The van der Waals surface area contributed by atoms with Crippen LogP contribution in [0.25, 0.3) is 51.6 Å². The van der Waals surface area contributed by atoms with E-state index in [1.54, 1.807) is 59.9 Å². The van der Waals surface area contributed by atoms with Gasteiger partial charge in [-0.3, -0.25) is 15.0 Å². The molecule has 21 heteroatoms. The predicted molar refractivity (Wildman–Crippen MR) is 396 cm³/mol. The van der Waals surface area contributed by atoms with Gasteiger partial charge in [-0.15, -0.1) is 0 Å². The quantitative estimate of drug-likeness (QED) is 0.0824. The van der Waals surface area contributed by atoms with Crippen LogP contribution in [0.15, 0.2) is 164 Å². The third kappa shape index (κ3) is 17.6. The molecule has 6 heterocycles. The van der Waals surface area contributed by atoms with Crippen LogP contribution in [0.1, 0.15) is 146 Å². The van der Waals surface area contributed by atoms with Crippen LogP contribution in [0.4, 0.5) is 27.6 Å². The van der Waals surface area contributed by atoms with E-state index in [1.165, 1.54) is 80.1 Å². The number of benzene rings is 3. The zero-order valence-electron chi connectivity index (χ0n) is 57.3. The lowest BCUT2D eigenvalue weighted by Gasteiger charge is -2.42. The van der Waals surface area contributed by atoms with E-state index < -0.39 is 0 Å². The van der Waals surface area contributed by atoms with Crippen molar-refractivity contribution in [3.8, 4) is 33.4 Å². The number of amides is 3. The number of alkyl carbamates (subject to hydrolysis) is 3. The summed E-state index contributed by atoms with van der Waals surface area (Å²) in [5, 5.41) is 11.3. The average molecular weight is 1430 g/mol. The Morgan fingerprint density at radius 2 is 0.892 bits per heavy atom. The maximum atomic E-state index is 13.5. The SMILES string of the molecule is CCOC(=O)N[C@@H]1CC[C@@H]2[C@H](Cc3cnsc3[C@H]2/C=C/c2ccc(-c3cccc(F)c3)cn2)C1.CCOC(=O)N[C@@H]1CC[C@@H]2[C@H](Cc3csnc3[C@H]2/C=C/c2ccc(-c3cccc(F)c3)cn2)C1.CCOC(=O)N[C@@H]1CC[C@@H]2[C@H](Cc3sncc3[C@H]2/C=C/c2ccc(-c3cccc(F)c3)cn2)C1. The molecule has 0 spiro atoms. The van der Waals surface area contributed by atoms with Gasteiger partial charge in [0.1, 0.15) is 17.5 Å². The number of nitrogens with zero attached hydrogens (tertiary/aromatic N) is 6. The smallest absolute Gasteiger partial charge is 0.407 e. The summed E-state index contributed by atoms with van der Waals surface area (Å²) in [4.78, 5) is 52.2. The van der Waals surface area contributed by atoms with E-state index in [9.17, 15) is 27.6 Å². The molecule has 3 N–H and O–H groups in total. The van der Waals surface area contributed by atoms with Crippen LogP contribution in [0.3, 0.4) is 0 Å². The van der Waals surface area contributed by atoms with Crippen LogP contribution in [0.5, 0.6) is 0 Å². The molecule has 6 aliphatic carbocycles. The molecule has 3 aromatic carbocycles. The Kier molecular flexibility index (Phi) is 23.6. The summed E-state index contributed by atoms with van der Waals surface area (Å²) in [5.41, 5.74) is 12.9. The molecule has 528 valence electrons. The highest BCUT2D eigenvalue weighted by molar-refractivity contribution is 7.06. The van der Waals surface area contributed by atoms with Crippen LogP contribution >= 0.6 is 34.6 Å². The first-order valence-corrected chi connectivity index (χ1v) is 38.0. The first kappa shape index (κ1) is 71.2. The van der Waals surface area contributed by atoms with Gasteiger partial charge in [-0.25, -0.2) is 36.3 Å². The molecule has 0 aliphatic heterocycles. The standard InChI is InChI=1S/3C27H28FN3O2S/c1-2-33-27(32)30-23-9-10-24-19(14-23)12-20-16-34-31-26(20)25(24)11-8-22-7-6-18(15-29-22)17-4-3-5-21(28)13-17;1-2-33-27(32)31-23-9-10-24-19(14-23)12-20-16-30-34-26(20)25(24)11-8-22-7-6-18(15-29-22)17-4-3-5-21(28)13-17;1-2-33-27(32)31-22-9-10-23-19(13-22)14-26-25(16-30-34-26)24(23)11-8-21-7-6-18(15-29-21)17-4-3-5-20(28)12-17/h3-8,11,13,15-16,19,23-25H,2,9-10,12,14H2,1H3,(H,30,32);3-8,11,13,15-16,19,23-25H,2,9-10,12,14H2,1H3,(H,31,32);3-8,11-12,15-16,19,22-24H,2,9-10,13-14H2,1H3,(H,31,32)/b3*11-8+/t2*19-,23-,24-,25+;19-,22+,23+,24-/m110/s1. The topological polar surface area (TPSA) is 192 Å². The number of aromatic nitrogens is 6. The second-order valence-electron chi connectivity index (χ2n) is 27.3. The van der Waals surface area contributed by atoms with E-state index >= 15 is 0 Å². The van der Waals surface area contributed by atoms with Crippen LogP contribution in [0, 0.1) is 53.0 Å². The predicted octanol–water partition coefficient (Wildman–Crippen LogP) is 18.7. The highest BCUT2D eigenvalue weighted by atomic mass is 32.1. The fourth-order valence-corrected chi connectivity index (χ4v) is 18.8. The summed E-state index contributed by atoms with van der Waals surface area (Å²) >= 11 is 4.71. The number of carbonyl (C=O) groups is 3. The Labute approximate surface area is 606 Å². The Morgan fingerprint density at radius 3 is 1.34 bits per heavy atom. The number of hydrogen-bond acceptors (Lipinski definition) is 15. The molecule has 3 saturated carbocycles. The van der Waals surface area contributed by atoms with Gasteiger partial charge in [0.05, 0.1) is 42.6 Å². The lowest BCUT2D eigenvalue weighted by molar-refractivity contribution is 0.128. The Hall–Kier alpha value is -9.18. The summed E-state index contributed by atoms with van der Waals surface area (Å²) in [7, 11) is 0. The molecule has 0 radical (unpaired) electrons. The molecule has 6 aromatic heterocycles. The molecule has 15 rings (SSSR count). The molecular weight excluding hydrogens is 1350 g/mol. The molecule has 0 saturated heterocycles. The zero-order chi connectivity index (χ0) is 70.5. The van der Waals surface area contributed by atoms with E-state index in [0.29, 0.717) is 67.2 Å². The molecule has 0 bridgehead atoms. The summed E-state index contributed by atoms with van der Waals surface area (Å²) in [5.74, 6) is 3.14. The third-order valence-corrected chi connectivity index (χ3v) is 23.4. The normalized spacial score (nSPS) is 23.8. The molecule has 0 unspecified atom stereocenters. The number of carbonyl (C=O) groups excluding carboxylic acids is 3. The van der Waals surface area contributed by atoms with Crippen molar-refractivity contribution in [2.75, 3.05) is 19.8 Å². The van der Waals surface area contributed by atoms with Crippen molar-refractivity contribution in [2.24, 2.45) is 35.5 Å². The number of pyridine rings is 3. The molecule has 3 amide bonds. The fourth-order valence-electron chi connectivity index (χ4n) is 16.3. The maximum absolute atomic E-state index is 13.5. The number of ether oxygens (including phenoxy) is 3. The number of allylic oxidation sites excluding steroid dienone is 3. The fraction of sp³-hybridized carbons (Fsp3) is 0.370. The summed E-state index contributed by atoms with van der Waals surface area (Å²) in [6, 6.07) is 32.0. The molecule has 9 aromatic rings. The van der Waals surface area contributed by atoms with Crippen molar-refractivity contribution in [2.45, 2.75) is 134 Å². The van der Waals surface area contributed by atoms with Gasteiger partial charge in [0.25, 0.3) is 0 Å². The number of nitrogens with one attached hydrogen (secondary N) is 3. The van der Waals surface area contributed by atoms with Crippen molar-refractivity contribution in [3.63, 3.8) is 0 Å². The van der Waals surface area contributed by atoms with Gasteiger partial charge in [0.15, 0.2) is 0 Å². The van der Waals surface area contributed by atoms with Crippen molar-refractivity contribution in [3.05, 3.63) is 230 Å². The molecular formula is C81H84F3N9O6S3. The first-order valence-electron chi connectivity index (χ1n) is 35.6. The van der Waals surface area contributed by atoms with Crippen LogP contribution in [-0.4, -0.2) is 84.3 Å². The van der Waals surface area contributed by atoms with Gasteiger partial charge in [0, 0.05) is 98.7 Å². The molecule has 12 atom stereocenters. The van der Waals surface area contributed by atoms with Crippen LogP contribution in [0.2, 0.25) is 0 Å². The summed E-state index contributed by atoms with van der Waals surface area (Å²) in [6.07, 6.45) is 33.5. The van der Waals surface area contributed by atoms with Crippen LogP contribution in [-0.2, 0) is 33.5 Å². The third-order valence-electron chi connectivity index (χ3n) is 21.0. The van der Waals surface area contributed by atoms with E-state index in [0.717, 1.165) is 128 Å². The average Bonchev–Trinajstić information content (AvgIpc) is 1.29. The number of fused-ring (bicyclic) bond motifs is 6. The maximum Gasteiger partial charge on any atom is 0.407 e. The Bertz CT molecular complexity index is 3970. The van der Waals surface area contributed by atoms with Gasteiger partial charge in [0.2, 0.25) is 0 Å². The number of halogens is 3. The van der Waals surface area contributed by atoms with E-state index in [2.05, 4.69) is 81.5 Å². The van der Waals surface area contributed by atoms with Gasteiger partial charge in [-0.05, 0) is 274 Å². The van der Waals surface area contributed by atoms with E-state index in [1.807, 2.05) is 87.8 Å².